The summed E-state index contributed by atoms with van der Waals surface area (Å²) < 4.78 is 24.3. The van der Waals surface area contributed by atoms with Crippen molar-refractivity contribution in [3.05, 3.63) is 64.4 Å². The number of rotatable bonds is 7. The van der Waals surface area contributed by atoms with E-state index in [1.54, 1.807) is 24.3 Å². The summed E-state index contributed by atoms with van der Waals surface area (Å²) in [6.45, 7) is 0. The third-order valence-electron chi connectivity index (χ3n) is 4.66. The van der Waals surface area contributed by atoms with Crippen LogP contribution in [-0.4, -0.2) is 31.8 Å². The van der Waals surface area contributed by atoms with Crippen molar-refractivity contribution in [2.24, 2.45) is 0 Å². The topological polar surface area (TPSA) is 100 Å². The predicted octanol–water partition coefficient (Wildman–Crippen LogP) is 3.55. The van der Waals surface area contributed by atoms with E-state index in [9.17, 15) is 19.2 Å². The van der Waals surface area contributed by atoms with Gasteiger partial charge in [0.25, 0.3) is 0 Å². The first-order valence-corrected chi connectivity index (χ1v) is 10.3. The van der Waals surface area contributed by atoms with Crippen molar-refractivity contribution < 1.29 is 23.5 Å². The molecule has 0 aliphatic carbocycles. The highest BCUT2D eigenvalue weighted by atomic mass is 32.2. The second-order valence-corrected chi connectivity index (χ2v) is 7.58. The molecule has 160 valence electrons. The molecule has 0 aromatic heterocycles. The number of ether oxygens (including phenoxy) is 2. The van der Waals surface area contributed by atoms with Crippen LogP contribution in [0.4, 0.5) is 10.1 Å². The first-order valence-electron chi connectivity index (χ1n) is 9.30. The molecule has 31 heavy (non-hydrogen) atoms. The van der Waals surface area contributed by atoms with Crippen molar-refractivity contribution in [3.8, 4) is 17.6 Å². The van der Waals surface area contributed by atoms with Crippen LogP contribution < -0.4 is 20.1 Å². The van der Waals surface area contributed by atoms with Crippen molar-refractivity contribution in [3.63, 3.8) is 0 Å². The highest BCUT2D eigenvalue weighted by Gasteiger charge is 2.30. The van der Waals surface area contributed by atoms with Gasteiger partial charge in [0.1, 0.15) is 5.82 Å². The number of allylic oxidation sites excluding steroid dienone is 1. The van der Waals surface area contributed by atoms with Gasteiger partial charge in [0.05, 0.1) is 42.3 Å². The number of halogens is 1. The Morgan fingerprint density at radius 3 is 2.68 bits per heavy atom. The van der Waals surface area contributed by atoms with Gasteiger partial charge in [0.2, 0.25) is 11.8 Å². The number of nitrogens with one attached hydrogen (secondary N) is 2. The summed E-state index contributed by atoms with van der Waals surface area (Å²) in [5, 5.41) is 15.2. The fourth-order valence-electron chi connectivity index (χ4n) is 3.17. The predicted molar refractivity (Wildman–Crippen MR) is 115 cm³/mol. The lowest BCUT2D eigenvalue weighted by Gasteiger charge is -2.25. The van der Waals surface area contributed by atoms with Crippen molar-refractivity contribution in [1.29, 1.82) is 5.26 Å². The van der Waals surface area contributed by atoms with Gasteiger partial charge in [-0.25, -0.2) is 4.39 Å². The van der Waals surface area contributed by atoms with Crippen molar-refractivity contribution >= 4 is 29.3 Å². The molecule has 0 spiro atoms. The van der Waals surface area contributed by atoms with Gasteiger partial charge >= 0.3 is 0 Å². The number of nitrogens with zero attached hydrogens (tertiary/aromatic N) is 1. The Hall–Kier alpha value is -3.51. The SMILES string of the molecule is COc1ccc([C@@H]2CC(=O)NC(SCC(=O)Nc3ccccc3F)=C2C#N)cc1OC. The number of carbonyl (C=O) groups excluding carboxylic acids is 2. The lowest BCUT2D eigenvalue weighted by molar-refractivity contribution is -0.121. The summed E-state index contributed by atoms with van der Waals surface area (Å²) in [5.41, 5.74) is 1.13. The number of para-hydroxylation sites is 1. The summed E-state index contributed by atoms with van der Waals surface area (Å²) in [6.07, 6.45) is 0.0872. The van der Waals surface area contributed by atoms with Crippen molar-refractivity contribution in [2.45, 2.75) is 12.3 Å². The van der Waals surface area contributed by atoms with Crippen LogP contribution in [0.1, 0.15) is 17.9 Å². The fourth-order valence-corrected chi connectivity index (χ4v) is 4.05. The van der Waals surface area contributed by atoms with Gasteiger partial charge in [-0.1, -0.05) is 30.0 Å². The zero-order chi connectivity index (χ0) is 22.4. The summed E-state index contributed by atoms with van der Waals surface area (Å²) >= 11 is 1.02. The van der Waals surface area contributed by atoms with Gasteiger partial charge in [0, 0.05) is 12.3 Å². The van der Waals surface area contributed by atoms with Crippen molar-refractivity contribution in [1.82, 2.24) is 5.32 Å². The number of methoxy groups -OCH3 is 2. The van der Waals surface area contributed by atoms with Crippen LogP contribution in [0.2, 0.25) is 0 Å². The first kappa shape index (κ1) is 22.2. The zero-order valence-corrected chi connectivity index (χ0v) is 17.7. The zero-order valence-electron chi connectivity index (χ0n) is 16.9. The molecular weight excluding hydrogens is 421 g/mol. The van der Waals surface area contributed by atoms with E-state index in [-0.39, 0.29) is 23.8 Å². The number of thioether (sulfide) groups is 1. The van der Waals surface area contributed by atoms with Gasteiger partial charge in [-0.3, -0.25) is 9.59 Å². The van der Waals surface area contributed by atoms with Crippen LogP contribution in [-0.2, 0) is 9.59 Å². The quantitative estimate of drug-likeness (QED) is 0.682. The summed E-state index contributed by atoms with van der Waals surface area (Å²) in [5.74, 6) is -0.838. The molecule has 7 nitrogen and oxygen atoms in total. The number of carbonyl (C=O) groups is 2. The molecule has 0 radical (unpaired) electrons. The van der Waals surface area contributed by atoms with E-state index in [0.29, 0.717) is 22.1 Å². The molecule has 2 aromatic carbocycles. The van der Waals surface area contributed by atoms with Crippen LogP contribution in [0.3, 0.4) is 0 Å². The number of hydrogen-bond donors (Lipinski definition) is 2. The van der Waals surface area contributed by atoms with Crippen LogP contribution in [0.25, 0.3) is 0 Å². The molecule has 0 saturated heterocycles. The Morgan fingerprint density at radius 2 is 2.00 bits per heavy atom. The monoisotopic (exact) mass is 441 g/mol. The molecule has 1 atom stereocenters. The van der Waals surface area contributed by atoms with Gasteiger partial charge in [-0.2, -0.15) is 5.26 Å². The van der Waals surface area contributed by atoms with E-state index in [0.717, 1.165) is 17.3 Å². The van der Waals surface area contributed by atoms with Crippen LogP contribution in [0.5, 0.6) is 11.5 Å². The number of amides is 2. The normalized spacial score (nSPS) is 15.7. The molecule has 0 unspecified atom stereocenters. The molecule has 9 heteroatoms. The maximum atomic E-state index is 13.7. The van der Waals surface area contributed by atoms with Gasteiger partial charge in [-0.15, -0.1) is 0 Å². The van der Waals surface area contributed by atoms with Gasteiger partial charge in [-0.05, 0) is 29.8 Å². The van der Waals surface area contributed by atoms with E-state index >= 15 is 0 Å². The third-order valence-corrected chi connectivity index (χ3v) is 5.68. The van der Waals surface area contributed by atoms with E-state index in [1.165, 1.54) is 32.4 Å². The number of anilines is 1. The van der Waals surface area contributed by atoms with Crippen molar-refractivity contribution in [2.75, 3.05) is 25.3 Å². The molecule has 0 saturated carbocycles. The van der Waals surface area contributed by atoms with Gasteiger partial charge in [0.15, 0.2) is 11.5 Å². The van der Waals surface area contributed by atoms with E-state index < -0.39 is 17.6 Å². The summed E-state index contributed by atoms with van der Waals surface area (Å²) in [4.78, 5) is 24.5. The molecule has 2 aromatic rings. The van der Waals surface area contributed by atoms with E-state index in [2.05, 4.69) is 16.7 Å². The van der Waals surface area contributed by atoms with Gasteiger partial charge < -0.3 is 20.1 Å². The molecule has 2 N–H and O–H groups in total. The summed E-state index contributed by atoms with van der Waals surface area (Å²) in [6, 6.07) is 13.2. The smallest absolute Gasteiger partial charge is 0.234 e. The van der Waals surface area contributed by atoms with Crippen LogP contribution in [0, 0.1) is 17.1 Å². The molecule has 1 heterocycles. The maximum Gasteiger partial charge on any atom is 0.234 e. The Kier molecular flexibility index (Phi) is 7.15. The third kappa shape index (κ3) is 5.16. The number of hydrogen-bond acceptors (Lipinski definition) is 6. The van der Waals surface area contributed by atoms with Crippen LogP contribution >= 0.6 is 11.8 Å². The van der Waals surface area contributed by atoms with E-state index in [4.69, 9.17) is 9.47 Å². The largest absolute Gasteiger partial charge is 0.493 e. The highest BCUT2D eigenvalue weighted by molar-refractivity contribution is 8.03. The second kappa shape index (κ2) is 10.00. The Balaban J connectivity index is 1.81. The standard InChI is InChI=1S/C22H20FN3O4S/c1-29-18-8-7-13(9-19(18)30-2)14-10-20(27)26-22(15(14)11-24)31-12-21(28)25-17-6-4-3-5-16(17)23/h3-9,14H,10,12H2,1-2H3,(H,25,28)(H,26,27)/t14-/m0/s1. The lowest BCUT2D eigenvalue weighted by atomic mass is 9.87. The average Bonchev–Trinajstić information content (AvgIpc) is 2.78. The Labute approximate surface area is 183 Å². The molecular formula is C22H20FN3O4S. The molecule has 3 rings (SSSR count). The minimum absolute atomic E-state index is 0.0680. The van der Waals surface area contributed by atoms with E-state index in [1.807, 2.05) is 0 Å². The first-order chi connectivity index (χ1) is 15.0. The molecule has 1 aliphatic heterocycles. The fraction of sp³-hybridized carbons (Fsp3) is 0.227. The minimum Gasteiger partial charge on any atom is -0.493 e. The maximum absolute atomic E-state index is 13.7. The number of benzene rings is 2. The molecule has 1 aliphatic rings. The summed E-state index contributed by atoms with van der Waals surface area (Å²) in [7, 11) is 3.03. The Morgan fingerprint density at radius 1 is 1.26 bits per heavy atom. The Bertz CT molecular complexity index is 1080. The molecule has 2 amide bonds. The molecule has 0 fully saturated rings. The lowest BCUT2D eigenvalue weighted by Crippen LogP contribution is -2.31. The highest BCUT2D eigenvalue weighted by Crippen LogP contribution is 2.39. The second-order valence-electron chi connectivity index (χ2n) is 6.59. The van der Waals surface area contributed by atoms with Crippen LogP contribution in [0.15, 0.2) is 53.1 Å². The molecule has 0 bridgehead atoms. The average molecular weight is 441 g/mol. The minimum atomic E-state index is -0.544. The number of nitriles is 1.